The summed E-state index contributed by atoms with van der Waals surface area (Å²) in [6, 6.07) is 1.76. The predicted molar refractivity (Wildman–Crippen MR) is 43.9 cm³/mol. The van der Waals surface area contributed by atoms with E-state index in [0.29, 0.717) is 5.95 Å². The number of anilines is 2. The minimum Gasteiger partial charge on any atom is -0.331 e. The maximum atomic E-state index is 3.98. The van der Waals surface area contributed by atoms with Crippen LogP contribution in [0.2, 0.25) is 0 Å². The third-order valence-electron chi connectivity index (χ3n) is 1.31. The van der Waals surface area contributed by atoms with Crippen molar-refractivity contribution < 1.29 is 0 Å². The van der Waals surface area contributed by atoms with Crippen molar-refractivity contribution in [2.75, 3.05) is 5.32 Å². The highest BCUT2D eigenvalue weighted by Gasteiger charge is 1.94. The molecule has 0 aliphatic heterocycles. The molecule has 0 saturated heterocycles. The van der Waals surface area contributed by atoms with Crippen molar-refractivity contribution in [1.82, 2.24) is 19.9 Å². The molecule has 2 N–H and O–H groups in total. The molecular formula is C7H7N5. The fraction of sp³-hybridized carbons (Fsp3) is 0. The molecule has 2 aromatic rings. The smallest absolute Gasteiger partial charge is 0.228 e. The van der Waals surface area contributed by atoms with E-state index in [4.69, 9.17) is 0 Å². The summed E-state index contributed by atoms with van der Waals surface area (Å²) in [5, 5.41) is 2.94. The van der Waals surface area contributed by atoms with Gasteiger partial charge >= 0.3 is 0 Å². The Balaban J connectivity index is 2.15. The summed E-state index contributed by atoms with van der Waals surface area (Å²) >= 11 is 0. The lowest BCUT2D eigenvalue weighted by molar-refractivity contribution is 1.16. The Labute approximate surface area is 68.9 Å². The zero-order chi connectivity index (χ0) is 8.23. The number of aromatic nitrogens is 4. The van der Waals surface area contributed by atoms with Crippen molar-refractivity contribution in [2.45, 2.75) is 0 Å². The Morgan fingerprint density at radius 2 is 2.08 bits per heavy atom. The second-order valence-corrected chi connectivity index (χ2v) is 2.16. The van der Waals surface area contributed by atoms with E-state index >= 15 is 0 Å². The van der Waals surface area contributed by atoms with Crippen LogP contribution in [0.25, 0.3) is 0 Å². The second kappa shape index (κ2) is 3.00. The van der Waals surface area contributed by atoms with Gasteiger partial charge in [-0.3, -0.25) is 0 Å². The molecule has 0 bridgehead atoms. The molecule has 0 atom stereocenters. The van der Waals surface area contributed by atoms with E-state index in [1.165, 1.54) is 0 Å². The van der Waals surface area contributed by atoms with Gasteiger partial charge in [-0.25, -0.2) is 15.0 Å². The van der Waals surface area contributed by atoms with Gasteiger partial charge in [0.1, 0.15) is 5.82 Å². The van der Waals surface area contributed by atoms with Gasteiger partial charge in [-0.15, -0.1) is 0 Å². The first kappa shape index (κ1) is 6.78. The summed E-state index contributed by atoms with van der Waals surface area (Å²) in [5.74, 6) is 1.34. The second-order valence-electron chi connectivity index (χ2n) is 2.16. The quantitative estimate of drug-likeness (QED) is 0.688. The topological polar surface area (TPSA) is 66.5 Å². The number of nitrogens with one attached hydrogen (secondary N) is 2. The van der Waals surface area contributed by atoms with Crippen LogP contribution in [0.5, 0.6) is 0 Å². The summed E-state index contributed by atoms with van der Waals surface area (Å²) in [5.41, 5.74) is 0. The fourth-order valence-corrected chi connectivity index (χ4v) is 0.808. The van der Waals surface area contributed by atoms with Crippen LogP contribution in [0.4, 0.5) is 11.8 Å². The van der Waals surface area contributed by atoms with Gasteiger partial charge < -0.3 is 10.3 Å². The molecule has 2 aromatic heterocycles. The van der Waals surface area contributed by atoms with Gasteiger partial charge in [-0.05, 0) is 6.07 Å². The Hall–Kier alpha value is -1.91. The Bertz CT molecular complexity index is 328. The van der Waals surface area contributed by atoms with E-state index < -0.39 is 0 Å². The van der Waals surface area contributed by atoms with Crippen LogP contribution in [0.15, 0.2) is 31.0 Å². The van der Waals surface area contributed by atoms with Crippen LogP contribution in [0.3, 0.4) is 0 Å². The van der Waals surface area contributed by atoms with Crippen molar-refractivity contribution in [1.29, 1.82) is 0 Å². The van der Waals surface area contributed by atoms with Crippen LogP contribution in [-0.2, 0) is 0 Å². The maximum Gasteiger partial charge on any atom is 0.228 e. The lowest BCUT2D eigenvalue weighted by atomic mass is 10.6. The number of aromatic amines is 1. The molecule has 5 nitrogen and oxygen atoms in total. The molecule has 0 spiro atoms. The van der Waals surface area contributed by atoms with E-state index in [1.54, 1.807) is 31.0 Å². The highest BCUT2D eigenvalue weighted by Crippen LogP contribution is 2.05. The minimum atomic E-state index is 0.557. The van der Waals surface area contributed by atoms with Crippen LogP contribution in [0, 0.1) is 0 Å². The summed E-state index contributed by atoms with van der Waals surface area (Å²) < 4.78 is 0. The molecule has 12 heavy (non-hydrogen) atoms. The zero-order valence-corrected chi connectivity index (χ0v) is 6.23. The lowest BCUT2D eigenvalue weighted by Crippen LogP contribution is -1.95. The van der Waals surface area contributed by atoms with Crippen molar-refractivity contribution in [3.63, 3.8) is 0 Å². The number of hydrogen-bond acceptors (Lipinski definition) is 4. The molecule has 5 heteroatoms. The van der Waals surface area contributed by atoms with Gasteiger partial charge in [0.2, 0.25) is 5.95 Å². The van der Waals surface area contributed by atoms with Crippen molar-refractivity contribution in [2.24, 2.45) is 0 Å². The number of hydrogen-bond donors (Lipinski definition) is 2. The van der Waals surface area contributed by atoms with Crippen LogP contribution >= 0.6 is 0 Å². The number of H-pyrrole nitrogens is 1. The Kier molecular flexibility index (Phi) is 1.69. The first-order valence-corrected chi connectivity index (χ1v) is 3.47. The normalized spacial score (nSPS) is 9.67. The molecule has 0 aromatic carbocycles. The third kappa shape index (κ3) is 1.39. The Morgan fingerprint density at radius 1 is 1.25 bits per heavy atom. The van der Waals surface area contributed by atoms with Gasteiger partial charge in [0.25, 0.3) is 0 Å². The number of imidazole rings is 1. The van der Waals surface area contributed by atoms with Crippen molar-refractivity contribution in [3.05, 3.63) is 31.0 Å². The van der Waals surface area contributed by atoms with E-state index in [-0.39, 0.29) is 0 Å². The molecule has 0 aliphatic rings. The Morgan fingerprint density at radius 3 is 2.75 bits per heavy atom. The van der Waals surface area contributed by atoms with Crippen molar-refractivity contribution >= 4 is 11.8 Å². The summed E-state index contributed by atoms with van der Waals surface area (Å²) in [6.45, 7) is 0. The molecule has 0 aliphatic carbocycles. The highest BCUT2D eigenvalue weighted by molar-refractivity contribution is 5.44. The van der Waals surface area contributed by atoms with Crippen molar-refractivity contribution in [3.8, 4) is 0 Å². The molecular weight excluding hydrogens is 154 g/mol. The molecule has 0 fully saturated rings. The molecule has 0 amide bonds. The van der Waals surface area contributed by atoms with Gasteiger partial charge in [-0.2, -0.15) is 0 Å². The minimum absolute atomic E-state index is 0.557. The summed E-state index contributed by atoms with van der Waals surface area (Å²) in [7, 11) is 0. The lowest BCUT2D eigenvalue weighted by Gasteiger charge is -1.98. The molecule has 0 saturated carbocycles. The first-order chi connectivity index (χ1) is 5.95. The van der Waals surface area contributed by atoms with Gasteiger partial charge in [0.15, 0.2) is 0 Å². The average molecular weight is 161 g/mol. The standard InChI is InChI=1S/C7H7N5/c1-2-9-7(10-3-1)12-6-4-8-5-11-6/h1-5H,(H,8,11)(H,9,10,12). The van der Waals surface area contributed by atoms with E-state index in [2.05, 4.69) is 25.3 Å². The van der Waals surface area contributed by atoms with Crippen LogP contribution in [0.1, 0.15) is 0 Å². The van der Waals surface area contributed by atoms with Crippen LogP contribution in [-0.4, -0.2) is 19.9 Å². The molecule has 0 radical (unpaired) electrons. The highest BCUT2D eigenvalue weighted by atomic mass is 15.1. The maximum absolute atomic E-state index is 3.98. The van der Waals surface area contributed by atoms with Gasteiger partial charge in [-0.1, -0.05) is 0 Å². The first-order valence-electron chi connectivity index (χ1n) is 3.47. The number of rotatable bonds is 2. The molecule has 2 rings (SSSR count). The summed E-state index contributed by atoms with van der Waals surface area (Å²) in [6.07, 6.45) is 6.60. The van der Waals surface area contributed by atoms with E-state index in [1.807, 2.05) is 0 Å². The fourth-order valence-electron chi connectivity index (χ4n) is 0.808. The predicted octanol–water partition coefficient (Wildman–Crippen LogP) is 0.943. The molecule has 0 unspecified atom stereocenters. The molecule has 2 heterocycles. The summed E-state index contributed by atoms with van der Waals surface area (Å²) in [4.78, 5) is 14.7. The monoisotopic (exact) mass is 161 g/mol. The van der Waals surface area contributed by atoms with Crippen LogP contribution < -0.4 is 5.32 Å². The SMILES string of the molecule is c1cnc(Nc2cnc[nH]2)nc1. The van der Waals surface area contributed by atoms with E-state index in [9.17, 15) is 0 Å². The largest absolute Gasteiger partial charge is 0.331 e. The number of nitrogens with zero attached hydrogens (tertiary/aromatic N) is 3. The van der Waals surface area contributed by atoms with E-state index in [0.717, 1.165) is 5.82 Å². The zero-order valence-electron chi connectivity index (χ0n) is 6.23. The van der Waals surface area contributed by atoms with Gasteiger partial charge in [0.05, 0.1) is 12.5 Å². The molecule has 60 valence electrons. The van der Waals surface area contributed by atoms with Gasteiger partial charge in [0, 0.05) is 12.4 Å². The third-order valence-corrected chi connectivity index (χ3v) is 1.31. The average Bonchev–Trinajstić information content (AvgIpc) is 2.59.